The SMILES string of the molecule is Cc1[c]c(C(F)(F)F)no1. The molecule has 0 aliphatic heterocycles. The molecule has 1 radical (unpaired) electrons. The van der Waals surface area contributed by atoms with Crippen LogP contribution in [0.2, 0.25) is 0 Å². The Hall–Kier alpha value is -1.00. The quantitative estimate of drug-likeness (QED) is 0.563. The van der Waals surface area contributed by atoms with Gasteiger partial charge in [-0.2, -0.15) is 13.2 Å². The molecule has 0 atom stereocenters. The molecule has 1 aromatic heterocycles. The van der Waals surface area contributed by atoms with Gasteiger partial charge in [0, 0.05) is 0 Å². The Morgan fingerprint density at radius 3 is 2.30 bits per heavy atom. The van der Waals surface area contributed by atoms with Crippen molar-refractivity contribution in [1.82, 2.24) is 5.16 Å². The summed E-state index contributed by atoms with van der Waals surface area (Å²) in [5, 5.41) is 2.73. The summed E-state index contributed by atoms with van der Waals surface area (Å²) in [6, 6.07) is 1.91. The summed E-state index contributed by atoms with van der Waals surface area (Å²) in [6.45, 7) is 1.35. The average Bonchev–Trinajstić information content (AvgIpc) is 2.11. The molecule has 0 aliphatic rings. The molecule has 5 heteroatoms. The average molecular weight is 150 g/mol. The van der Waals surface area contributed by atoms with E-state index in [1.54, 1.807) is 0 Å². The van der Waals surface area contributed by atoms with Gasteiger partial charge in [-0.05, 0) is 6.92 Å². The first kappa shape index (κ1) is 7.11. The lowest BCUT2D eigenvalue weighted by Crippen LogP contribution is -2.04. The van der Waals surface area contributed by atoms with Crippen molar-refractivity contribution >= 4 is 0 Å². The zero-order chi connectivity index (χ0) is 7.78. The van der Waals surface area contributed by atoms with E-state index in [1.807, 2.05) is 6.07 Å². The summed E-state index contributed by atoms with van der Waals surface area (Å²) < 4.78 is 39.1. The Morgan fingerprint density at radius 2 is 2.10 bits per heavy atom. The molecule has 0 aromatic carbocycles. The molecule has 2 nitrogen and oxygen atoms in total. The van der Waals surface area contributed by atoms with Crippen molar-refractivity contribution in [3.05, 3.63) is 17.5 Å². The monoisotopic (exact) mass is 150 g/mol. The highest BCUT2D eigenvalue weighted by atomic mass is 19.4. The summed E-state index contributed by atoms with van der Waals surface area (Å²) in [4.78, 5) is 0. The van der Waals surface area contributed by atoms with Crippen LogP contribution in [-0.2, 0) is 6.18 Å². The maximum Gasteiger partial charge on any atom is 0.437 e. The third-order valence-electron chi connectivity index (χ3n) is 0.837. The normalized spacial score (nSPS) is 12.0. The summed E-state index contributed by atoms with van der Waals surface area (Å²) in [5.74, 6) is 0.0346. The van der Waals surface area contributed by atoms with E-state index in [0.717, 1.165) is 0 Å². The molecule has 0 bridgehead atoms. The van der Waals surface area contributed by atoms with Crippen molar-refractivity contribution in [3.8, 4) is 0 Å². The highest BCUT2D eigenvalue weighted by Gasteiger charge is 2.34. The first-order chi connectivity index (χ1) is 4.50. The van der Waals surface area contributed by atoms with E-state index in [9.17, 15) is 13.2 Å². The van der Waals surface area contributed by atoms with E-state index < -0.39 is 11.9 Å². The Bertz CT molecular complexity index is 227. The van der Waals surface area contributed by atoms with E-state index in [-0.39, 0.29) is 5.76 Å². The van der Waals surface area contributed by atoms with Crippen LogP contribution >= 0.6 is 0 Å². The van der Waals surface area contributed by atoms with Crippen LogP contribution in [0.3, 0.4) is 0 Å². The minimum atomic E-state index is -4.45. The number of halogens is 3. The fraction of sp³-hybridized carbons (Fsp3) is 0.400. The van der Waals surface area contributed by atoms with Crippen LogP contribution in [0.4, 0.5) is 13.2 Å². The smallest absolute Gasteiger partial charge is 0.360 e. The second kappa shape index (κ2) is 2.00. The van der Waals surface area contributed by atoms with Gasteiger partial charge in [-0.15, -0.1) is 0 Å². The Balaban J connectivity index is 2.96. The van der Waals surface area contributed by atoms with Gasteiger partial charge >= 0.3 is 6.18 Å². The second-order valence-electron chi connectivity index (χ2n) is 1.71. The number of rotatable bonds is 0. The topological polar surface area (TPSA) is 26.0 Å². The van der Waals surface area contributed by atoms with Crippen molar-refractivity contribution in [2.24, 2.45) is 0 Å². The maximum absolute atomic E-state index is 11.6. The van der Waals surface area contributed by atoms with Gasteiger partial charge in [0.1, 0.15) is 5.76 Å². The molecule has 0 spiro atoms. The van der Waals surface area contributed by atoms with Crippen LogP contribution in [0, 0.1) is 13.0 Å². The third-order valence-corrected chi connectivity index (χ3v) is 0.837. The minimum Gasteiger partial charge on any atom is -0.360 e. The molecule has 0 unspecified atom stereocenters. The lowest BCUT2D eigenvalue weighted by molar-refractivity contribution is -0.142. The van der Waals surface area contributed by atoms with Crippen LogP contribution in [-0.4, -0.2) is 5.16 Å². The summed E-state index contributed by atoms with van der Waals surface area (Å²) in [6.07, 6.45) is -4.45. The molecule has 10 heavy (non-hydrogen) atoms. The minimum absolute atomic E-state index is 0.0346. The van der Waals surface area contributed by atoms with Gasteiger partial charge in [0.05, 0.1) is 6.07 Å². The number of alkyl halides is 3. The summed E-state index contributed by atoms with van der Waals surface area (Å²) in [5.41, 5.74) is -1.11. The first-order valence-electron chi connectivity index (χ1n) is 2.43. The van der Waals surface area contributed by atoms with E-state index in [1.165, 1.54) is 6.92 Å². The van der Waals surface area contributed by atoms with E-state index >= 15 is 0 Å². The van der Waals surface area contributed by atoms with Crippen molar-refractivity contribution in [2.75, 3.05) is 0 Å². The predicted molar refractivity (Wildman–Crippen MR) is 25.1 cm³/mol. The zero-order valence-corrected chi connectivity index (χ0v) is 4.99. The number of aromatic nitrogens is 1. The second-order valence-corrected chi connectivity index (χ2v) is 1.71. The number of hydrogen-bond donors (Lipinski definition) is 0. The molecule has 1 rings (SSSR count). The highest BCUT2D eigenvalue weighted by Crippen LogP contribution is 2.27. The lowest BCUT2D eigenvalue weighted by atomic mass is 10.4. The van der Waals surface area contributed by atoms with Gasteiger partial charge in [0.25, 0.3) is 0 Å². The number of hydrogen-bond acceptors (Lipinski definition) is 2. The van der Waals surface area contributed by atoms with Crippen molar-refractivity contribution < 1.29 is 17.7 Å². The van der Waals surface area contributed by atoms with Crippen LogP contribution in [0.1, 0.15) is 11.5 Å². The van der Waals surface area contributed by atoms with Gasteiger partial charge in [0.15, 0.2) is 5.69 Å². The van der Waals surface area contributed by atoms with E-state index in [2.05, 4.69) is 9.68 Å². The number of nitrogens with zero attached hydrogens (tertiary/aromatic N) is 1. The van der Waals surface area contributed by atoms with Gasteiger partial charge in [-0.3, -0.25) is 0 Å². The zero-order valence-electron chi connectivity index (χ0n) is 4.99. The molecule has 0 fully saturated rings. The number of aryl methyl sites for hydroxylation is 1. The largest absolute Gasteiger partial charge is 0.437 e. The molecule has 55 valence electrons. The van der Waals surface area contributed by atoms with Crippen molar-refractivity contribution in [3.63, 3.8) is 0 Å². The molecule has 1 aromatic rings. The Kier molecular flexibility index (Phi) is 1.42. The molecule has 0 N–H and O–H groups in total. The first-order valence-corrected chi connectivity index (χ1v) is 2.43. The van der Waals surface area contributed by atoms with Gasteiger partial charge in [-0.1, -0.05) is 5.16 Å². The molecular formula is C5H3F3NO. The predicted octanol–water partition coefficient (Wildman–Crippen LogP) is 1.80. The van der Waals surface area contributed by atoms with Gasteiger partial charge in [-0.25, -0.2) is 0 Å². The van der Waals surface area contributed by atoms with Gasteiger partial charge < -0.3 is 4.52 Å². The fourth-order valence-corrected chi connectivity index (χ4v) is 0.449. The van der Waals surface area contributed by atoms with Gasteiger partial charge in [0.2, 0.25) is 0 Å². The summed E-state index contributed by atoms with van der Waals surface area (Å²) >= 11 is 0. The molecule has 0 aliphatic carbocycles. The third kappa shape index (κ3) is 1.29. The fourth-order valence-electron chi connectivity index (χ4n) is 0.449. The molecule has 0 saturated carbocycles. The molecule has 0 amide bonds. The Labute approximate surface area is 54.6 Å². The summed E-state index contributed by atoms with van der Waals surface area (Å²) in [7, 11) is 0. The van der Waals surface area contributed by atoms with E-state index in [4.69, 9.17) is 0 Å². The molecule has 0 saturated heterocycles. The van der Waals surface area contributed by atoms with Crippen LogP contribution in [0.25, 0.3) is 0 Å². The van der Waals surface area contributed by atoms with Crippen LogP contribution in [0.15, 0.2) is 4.52 Å². The Morgan fingerprint density at radius 1 is 1.50 bits per heavy atom. The van der Waals surface area contributed by atoms with Crippen molar-refractivity contribution in [1.29, 1.82) is 0 Å². The van der Waals surface area contributed by atoms with Crippen molar-refractivity contribution in [2.45, 2.75) is 13.1 Å². The van der Waals surface area contributed by atoms with E-state index in [0.29, 0.717) is 0 Å². The lowest BCUT2D eigenvalue weighted by Gasteiger charge is -1.96. The standard InChI is InChI=1S/C5H3F3NO/c1-3-2-4(9-10-3)5(6,7)8/h1H3. The maximum atomic E-state index is 11.6. The molecular weight excluding hydrogens is 147 g/mol. The molecule has 1 heterocycles. The van der Waals surface area contributed by atoms with Crippen LogP contribution in [0.5, 0.6) is 0 Å². The highest BCUT2D eigenvalue weighted by molar-refractivity contribution is 5.04. The van der Waals surface area contributed by atoms with Crippen LogP contribution < -0.4 is 0 Å².